The molecule has 0 N–H and O–H groups in total. The Morgan fingerprint density at radius 1 is 0.471 bits per heavy atom. The molecule has 0 fully saturated rings. The maximum Gasteiger partial charge on any atom is 0.0202 e. The zero-order chi connectivity index (χ0) is 23.4. The molecule has 0 aromatic heterocycles. The van der Waals surface area contributed by atoms with E-state index in [2.05, 4.69) is 111 Å². The molecule has 0 saturated heterocycles. The second kappa shape index (κ2) is 10.0. The van der Waals surface area contributed by atoms with Crippen molar-refractivity contribution in [2.45, 2.75) is 64.2 Å². The molecule has 0 aliphatic heterocycles. The Hall–Kier alpha value is -3.12. The SMILES string of the molecule is CCCC1(CCC)c2cccc(c2)Cc2cccc(c2)Cc2cccc(c2)Cc2cccc1c2. The van der Waals surface area contributed by atoms with Gasteiger partial charge < -0.3 is 0 Å². The molecule has 4 aromatic carbocycles. The predicted molar refractivity (Wildman–Crippen MR) is 145 cm³/mol. The summed E-state index contributed by atoms with van der Waals surface area (Å²) in [6.45, 7) is 4.67. The highest BCUT2D eigenvalue weighted by Crippen LogP contribution is 2.42. The van der Waals surface area contributed by atoms with Crippen molar-refractivity contribution in [1.29, 1.82) is 0 Å². The van der Waals surface area contributed by atoms with Gasteiger partial charge in [0, 0.05) is 5.41 Å². The lowest BCUT2D eigenvalue weighted by Gasteiger charge is -2.36. The molecule has 0 amide bonds. The van der Waals surface area contributed by atoms with Gasteiger partial charge in [0.05, 0.1) is 0 Å². The van der Waals surface area contributed by atoms with Crippen LogP contribution in [-0.4, -0.2) is 0 Å². The van der Waals surface area contributed by atoms with Crippen molar-refractivity contribution in [3.05, 3.63) is 142 Å². The van der Waals surface area contributed by atoms with Crippen LogP contribution in [0.15, 0.2) is 97.1 Å². The van der Waals surface area contributed by atoms with Crippen LogP contribution >= 0.6 is 0 Å². The third kappa shape index (κ3) is 4.73. The first-order valence-electron chi connectivity index (χ1n) is 13.0. The molecule has 0 heteroatoms. The van der Waals surface area contributed by atoms with Crippen LogP contribution in [0.2, 0.25) is 0 Å². The minimum absolute atomic E-state index is 0.0658. The van der Waals surface area contributed by atoms with E-state index in [9.17, 15) is 0 Å². The second-order valence-corrected chi connectivity index (χ2v) is 10.2. The van der Waals surface area contributed by atoms with Gasteiger partial charge in [-0.25, -0.2) is 0 Å². The zero-order valence-electron chi connectivity index (χ0n) is 20.7. The van der Waals surface area contributed by atoms with Gasteiger partial charge in [-0.05, 0) is 76.6 Å². The van der Waals surface area contributed by atoms with Crippen molar-refractivity contribution >= 4 is 0 Å². The van der Waals surface area contributed by atoms with Gasteiger partial charge in [-0.3, -0.25) is 0 Å². The number of benzene rings is 4. The van der Waals surface area contributed by atoms with Crippen LogP contribution in [0.25, 0.3) is 0 Å². The summed E-state index contributed by atoms with van der Waals surface area (Å²) >= 11 is 0. The molecule has 0 radical (unpaired) electrons. The first kappa shape index (κ1) is 22.7. The molecule has 172 valence electrons. The van der Waals surface area contributed by atoms with Gasteiger partial charge in [0.15, 0.2) is 0 Å². The Kier molecular flexibility index (Phi) is 6.68. The fourth-order valence-electron chi connectivity index (χ4n) is 6.09. The van der Waals surface area contributed by atoms with Gasteiger partial charge in [0.25, 0.3) is 0 Å². The molecular formula is C34H36. The van der Waals surface area contributed by atoms with Crippen molar-refractivity contribution in [2.24, 2.45) is 0 Å². The zero-order valence-corrected chi connectivity index (χ0v) is 20.7. The third-order valence-electron chi connectivity index (χ3n) is 7.52. The Morgan fingerprint density at radius 3 is 1.15 bits per heavy atom. The first-order chi connectivity index (χ1) is 16.7. The normalized spacial score (nSPS) is 14.5. The van der Waals surface area contributed by atoms with E-state index >= 15 is 0 Å². The first-order valence-corrected chi connectivity index (χ1v) is 13.0. The van der Waals surface area contributed by atoms with Gasteiger partial charge in [0.2, 0.25) is 0 Å². The summed E-state index contributed by atoms with van der Waals surface area (Å²) in [5.41, 5.74) is 11.4. The van der Waals surface area contributed by atoms with Crippen LogP contribution in [0, 0.1) is 0 Å². The third-order valence-corrected chi connectivity index (χ3v) is 7.52. The van der Waals surface area contributed by atoms with Gasteiger partial charge in [0.1, 0.15) is 0 Å². The average molecular weight is 445 g/mol. The molecule has 1 aliphatic carbocycles. The van der Waals surface area contributed by atoms with Crippen molar-refractivity contribution in [2.75, 3.05) is 0 Å². The minimum atomic E-state index is 0.0658. The number of hydrogen-bond acceptors (Lipinski definition) is 0. The van der Waals surface area contributed by atoms with Crippen molar-refractivity contribution in [3.63, 3.8) is 0 Å². The van der Waals surface area contributed by atoms with Gasteiger partial charge in [-0.1, -0.05) is 124 Å². The van der Waals surface area contributed by atoms with E-state index in [1.807, 2.05) is 0 Å². The van der Waals surface area contributed by atoms with Gasteiger partial charge in [-0.2, -0.15) is 0 Å². The fraction of sp³-hybridized carbons (Fsp3) is 0.294. The Labute approximate surface area is 205 Å². The number of rotatable bonds is 4. The molecule has 0 heterocycles. The van der Waals surface area contributed by atoms with E-state index < -0.39 is 0 Å². The molecule has 0 unspecified atom stereocenters. The van der Waals surface area contributed by atoms with Crippen LogP contribution < -0.4 is 0 Å². The number of fused-ring (bicyclic) bond motifs is 8. The Bertz CT molecular complexity index is 1160. The standard InChI is InChI=1S/C34H36/c1-3-17-34(18-4-2)32-15-7-13-30(24-32)22-28-11-5-9-26(20-28)19-27-10-6-12-29(21-27)23-31-14-8-16-33(34)25-31/h5-16,20-21,24-25H,3-4,17-19,22-23H2,1-2H3. The summed E-state index contributed by atoms with van der Waals surface area (Å²) in [6.07, 6.45) is 7.67. The fourth-order valence-corrected chi connectivity index (χ4v) is 6.09. The van der Waals surface area contributed by atoms with E-state index in [-0.39, 0.29) is 5.41 Å². The molecule has 0 saturated carbocycles. The summed E-state index contributed by atoms with van der Waals surface area (Å²) in [6, 6.07) is 37.3. The molecule has 8 bridgehead atoms. The van der Waals surface area contributed by atoms with Gasteiger partial charge >= 0.3 is 0 Å². The highest BCUT2D eigenvalue weighted by Gasteiger charge is 2.33. The average Bonchev–Trinajstić information content (AvgIpc) is 2.84. The monoisotopic (exact) mass is 444 g/mol. The molecular weight excluding hydrogens is 408 g/mol. The summed E-state index contributed by atoms with van der Waals surface area (Å²) in [7, 11) is 0. The van der Waals surface area contributed by atoms with Crippen LogP contribution in [0.3, 0.4) is 0 Å². The Morgan fingerprint density at radius 2 is 0.794 bits per heavy atom. The number of hydrogen-bond donors (Lipinski definition) is 0. The lowest BCUT2D eigenvalue weighted by molar-refractivity contribution is 0.425. The van der Waals surface area contributed by atoms with Crippen LogP contribution in [0.4, 0.5) is 0 Å². The molecule has 1 aliphatic rings. The van der Waals surface area contributed by atoms with Crippen molar-refractivity contribution < 1.29 is 0 Å². The smallest absolute Gasteiger partial charge is 0.0202 e. The predicted octanol–water partition coefficient (Wildman–Crippen LogP) is 8.66. The van der Waals surface area contributed by atoms with Crippen molar-refractivity contribution in [3.8, 4) is 0 Å². The van der Waals surface area contributed by atoms with Gasteiger partial charge in [-0.15, -0.1) is 0 Å². The maximum atomic E-state index is 2.50. The summed E-state index contributed by atoms with van der Waals surface area (Å²) in [4.78, 5) is 0. The molecule has 5 rings (SSSR count). The minimum Gasteiger partial charge on any atom is -0.0653 e. The van der Waals surface area contributed by atoms with E-state index in [0.717, 1.165) is 19.3 Å². The van der Waals surface area contributed by atoms with Crippen molar-refractivity contribution in [1.82, 2.24) is 0 Å². The Balaban J connectivity index is 1.70. The quantitative estimate of drug-likeness (QED) is 0.295. The second-order valence-electron chi connectivity index (χ2n) is 10.2. The topological polar surface area (TPSA) is 0 Å². The maximum absolute atomic E-state index is 2.50. The molecule has 34 heavy (non-hydrogen) atoms. The summed E-state index contributed by atoms with van der Waals surface area (Å²) in [5.74, 6) is 0. The highest BCUT2D eigenvalue weighted by atomic mass is 14.4. The molecule has 0 atom stereocenters. The summed E-state index contributed by atoms with van der Waals surface area (Å²) < 4.78 is 0. The highest BCUT2D eigenvalue weighted by molar-refractivity contribution is 5.45. The molecule has 4 aromatic rings. The van der Waals surface area contributed by atoms with E-state index in [1.54, 1.807) is 0 Å². The molecule has 0 nitrogen and oxygen atoms in total. The van der Waals surface area contributed by atoms with Crippen LogP contribution in [0.5, 0.6) is 0 Å². The lowest BCUT2D eigenvalue weighted by Crippen LogP contribution is -2.28. The largest absolute Gasteiger partial charge is 0.0653 e. The lowest BCUT2D eigenvalue weighted by atomic mass is 9.68. The summed E-state index contributed by atoms with van der Waals surface area (Å²) in [5, 5.41) is 0. The van der Waals surface area contributed by atoms with E-state index in [1.165, 1.54) is 70.2 Å². The van der Waals surface area contributed by atoms with E-state index in [4.69, 9.17) is 0 Å². The van der Waals surface area contributed by atoms with Crippen LogP contribution in [-0.2, 0) is 24.7 Å². The molecule has 0 spiro atoms. The van der Waals surface area contributed by atoms with Crippen LogP contribution in [0.1, 0.15) is 84.0 Å². The van der Waals surface area contributed by atoms with E-state index in [0.29, 0.717) is 0 Å².